The molecule has 0 bridgehead atoms. The molecule has 0 saturated heterocycles. The largest absolute Gasteiger partial charge is 0.469 e. The van der Waals surface area contributed by atoms with Gasteiger partial charge in [0.05, 0.1) is 18.9 Å². The van der Waals surface area contributed by atoms with Crippen molar-refractivity contribution in [3.8, 4) is 0 Å². The number of Topliss-reactive ketones (excluding diaryl/α,β-unsaturated/α-hetero) is 1. The average molecular weight is 365 g/mol. The minimum absolute atomic E-state index is 0.113. The summed E-state index contributed by atoms with van der Waals surface area (Å²) in [6, 6.07) is 9.38. The molecular weight excluding hydrogens is 346 g/mol. The molecule has 0 amide bonds. The summed E-state index contributed by atoms with van der Waals surface area (Å²) in [6.07, 6.45) is 2.14. The summed E-state index contributed by atoms with van der Waals surface area (Å²) in [5.41, 5.74) is 0.674. The number of rotatable bonds is 8. The molecule has 1 aromatic carbocycles. The van der Waals surface area contributed by atoms with Gasteiger partial charge in [0.2, 0.25) is 15.8 Å². The Kier molecular flexibility index (Phi) is 5.97. The van der Waals surface area contributed by atoms with Crippen molar-refractivity contribution in [3.05, 3.63) is 54.0 Å². The van der Waals surface area contributed by atoms with Gasteiger partial charge in [-0.1, -0.05) is 0 Å². The van der Waals surface area contributed by atoms with Gasteiger partial charge in [-0.05, 0) is 43.3 Å². The summed E-state index contributed by atoms with van der Waals surface area (Å²) in [7, 11) is -3.38. The second kappa shape index (κ2) is 7.98. The molecule has 1 heterocycles. The third kappa shape index (κ3) is 6.07. The molecular formula is C17H19NO6S. The van der Waals surface area contributed by atoms with Crippen LogP contribution in [0.4, 0.5) is 5.69 Å². The smallest absolute Gasteiger partial charge is 0.306 e. The minimum atomic E-state index is -3.38. The van der Waals surface area contributed by atoms with Crippen molar-refractivity contribution in [1.82, 2.24) is 0 Å². The fraction of sp³-hybridized carbons (Fsp3) is 0.294. The second-order valence-corrected chi connectivity index (χ2v) is 7.28. The van der Waals surface area contributed by atoms with Gasteiger partial charge in [0.15, 0.2) is 6.10 Å². The van der Waals surface area contributed by atoms with E-state index in [0.717, 1.165) is 6.26 Å². The first-order chi connectivity index (χ1) is 11.7. The Labute approximate surface area is 146 Å². The first kappa shape index (κ1) is 18.7. The number of carbonyl (C=O) groups excluding carboxylic acids is 2. The van der Waals surface area contributed by atoms with Crippen LogP contribution in [0.5, 0.6) is 0 Å². The zero-order chi connectivity index (χ0) is 18.4. The van der Waals surface area contributed by atoms with Crippen LogP contribution in [0.3, 0.4) is 0 Å². The van der Waals surface area contributed by atoms with E-state index in [1.54, 1.807) is 12.1 Å². The number of anilines is 1. The van der Waals surface area contributed by atoms with Crippen molar-refractivity contribution in [2.45, 2.75) is 25.9 Å². The van der Waals surface area contributed by atoms with Crippen molar-refractivity contribution >= 4 is 27.5 Å². The lowest BCUT2D eigenvalue weighted by Gasteiger charge is -2.12. The van der Waals surface area contributed by atoms with Gasteiger partial charge in [-0.3, -0.25) is 14.3 Å². The highest BCUT2D eigenvalue weighted by Crippen LogP contribution is 2.14. The van der Waals surface area contributed by atoms with Gasteiger partial charge in [-0.2, -0.15) is 0 Å². The number of aryl methyl sites for hydroxylation is 1. The fourth-order valence-electron chi connectivity index (χ4n) is 2.14. The zero-order valence-electron chi connectivity index (χ0n) is 13.9. The van der Waals surface area contributed by atoms with Crippen LogP contribution < -0.4 is 4.72 Å². The number of ether oxygens (including phenoxy) is 1. The monoisotopic (exact) mass is 365 g/mol. The third-order valence-electron chi connectivity index (χ3n) is 3.31. The lowest BCUT2D eigenvalue weighted by molar-refractivity contribution is -0.146. The molecule has 0 aliphatic rings. The van der Waals surface area contributed by atoms with Crippen molar-refractivity contribution in [3.63, 3.8) is 0 Å². The maximum Gasteiger partial charge on any atom is 0.306 e. The molecule has 0 spiro atoms. The Morgan fingerprint density at radius 2 is 1.88 bits per heavy atom. The van der Waals surface area contributed by atoms with E-state index in [0.29, 0.717) is 23.4 Å². The van der Waals surface area contributed by atoms with E-state index >= 15 is 0 Å². The molecule has 7 nitrogen and oxygen atoms in total. The van der Waals surface area contributed by atoms with E-state index in [2.05, 4.69) is 4.72 Å². The lowest BCUT2D eigenvalue weighted by Crippen LogP contribution is -2.24. The Bertz CT molecular complexity index is 825. The number of esters is 1. The predicted octanol–water partition coefficient (Wildman–Crippen LogP) is 2.40. The van der Waals surface area contributed by atoms with Crippen LogP contribution in [0, 0.1) is 0 Å². The number of carbonyl (C=O) groups is 2. The van der Waals surface area contributed by atoms with Crippen LogP contribution in [-0.2, 0) is 26.0 Å². The van der Waals surface area contributed by atoms with E-state index in [1.165, 1.54) is 37.5 Å². The van der Waals surface area contributed by atoms with E-state index in [1.807, 2.05) is 0 Å². The molecule has 0 unspecified atom stereocenters. The fourth-order valence-corrected chi connectivity index (χ4v) is 2.71. The van der Waals surface area contributed by atoms with Crippen molar-refractivity contribution < 1.29 is 27.2 Å². The molecule has 2 rings (SSSR count). The number of hydrogen-bond acceptors (Lipinski definition) is 6. The summed E-state index contributed by atoms with van der Waals surface area (Å²) in [6.45, 7) is 1.50. The molecule has 8 heteroatoms. The molecule has 1 atom stereocenters. The van der Waals surface area contributed by atoms with Crippen LogP contribution in [0.2, 0.25) is 0 Å². The number of ketones is 1. The predicted molar refractivity (Wildman–Crippen MR) is 91.8 cm³/mol. The third-order valence-corrected chi connectivity index (χ3v) is 3.91. The Morgan fingerprint density at radius 1 is 1.20 bits per heavy atom. The summed E-state index contributed by atoms with van der Waals surface area (Å²) in [4.78, 5) is 24.1. The Morgan fingerprint density at radius 3 is 2.44 bits per heavy atom. The summed E-state index contributed by atoms with van der Waals surface area (Å²) < 4.78 is 34.9. The van der Waals surface area contributed by atoms with Crippen molar-refractivity contribution in [2.75, 3.05) is 11.0 Å². The van der Waals surface area contributed by atoms with Gasteiger partial charge in [0.1, 0.15) is 5.76 Å². The van der Waals surface area contributed by atoms with Gasteiger partial charge in [0, 0.05) is 17.7 Å². The molecule has 134 valence electrons. The maximum absolute atomic E-state index is 12.3. The number of sulfonamides is 1. The van der Waals surface area contributed by atoms with E-state index in [4.69, 9.17) is 9.15 Å². The number of hydrogen-bond donors (Lipinski definition) is 1. The molecule has 2 aromatic rings. The molecule has 0 aliphatic carbocycles. The number of benzene rings is 1. The Balaban J connectivity index is 1.89. The highest BCUT2D eigenvalue weighted by atomic mass is 32.2. The van der Waals surface area contributed by atoms with Gasteiger partial charge in [0.25, 0.3) is 0 Å². The molecule has 25 heavy (non-hydrogen) atoms. The van der Waals surface area contributed by atoms with Crippen LogP contribution >= 0.6 is 0 Å². The average Bonchev–Trinajstić information content (AvgIpc) is 3.05. The molecule has 0 saturated carbocycles. The lowest BCUT2D eigenvalue weighted by atomic mass is 10.1. The van der Waals surface area contributed by atoms with Gasteiger partial charge >= 0.3 is 5.97 Å². The van der Waals surface area contributed by atoms with Crippen molar-refractivity contribution in [1.29, 1.82) is 0 Å². The van der Waals surface area contributed by atoms with Crippen molar-refractivity contribution in [2.24, 2.45) is 0 Å². The normalized spacial score (nSPS) is 12.4. The first-order valence-electron chi connectivity index (χ1n) is 7.58. The minimum Gasteiger partial charge on any atom is -0.469 e. The SMILES string of the molecule is C[C@@H](OC(=O)CCc1ccco1)C(=O)c1ccc(NS(C)(=O)=O)cc1. The molecule has 1 N–H and O–H groups in total. The first-order valence-corrected chi connectivity index (χ1v) is 9.47. The maximum atomic E-state index is 12.3. The quantitative estimate of drug-likeness (QED) is 0.569. The van der Waals surface area contributed by atoms with E-state index in [-0.39, 0.29) is 12.2 Å². The van der Waals surface area contributed by atoms with Crippen LogP contribution in [0.1, 0.15) is 29.5 Å². The van der Waals surface area contributed by atoms with Crippen LogP contribution in [-0.4, -0.2) is 32.5 Å². The highest BCUT2D eigenvalue weighted by molar-refractivity contribution is 7.92. The second-order valence-electron chi connectivity index (χ2n) is 5.53. The molecule has 1 aromatic heterocycles. The van der Waals surface area contributed by atoms with Crippen LogP contribution in [0.15, 0.2) is 47.1 Å². The standard InChI is InChI=1S/C17H19NO6S/c1-12(24-16(19)10-9-15-4-3-11-23-15)17(20)13-5-7-14(8-6-13)18-25(2,21)22/h3-8,11-12,18H,9-10H2,1-2H3/t12-/m1/s1. The van der Waals surface area contributed by atoms with Crippen LogP contribution in [0.25, 0.3) is 0 Å². The summed E-state index contributed by atoms with van der Waals surface area (Å²) >= 11 is 0. The highest BCUT2D eigenvalue weighted by Gasteiger charge is 2.19. The number of nitrogens with one attached hydrogen (secondary N) is 1. The topological polar surface area (TPSA) is 103 Å². The molecule has 0 aliphatic heterocycles. The number of furan rings is 1. The van der Waals surface area contributed by atoms with Gasteiger partial charge < -0.3 is 9.15 Å². The Hall–Kier alpha value is -2.61. The summed E-state index contributed by atoms with van der Waals surface area (Å²) in [5.74, 6) is -0.185. The zero-order valence-corrected chi connectivity index (χ0v) is 14.7. The van der Waals surface area contributed by atoms with Gasteiger partial charge in [-0.15, -0.1) is 0 Å². The summed E-state index contributed by atoms with van der Waals surface area (Å²) in [5, 5.41) is 0. The van der Waals surface area contributed by atoms with E-state index < -0.39 is 22.1 Å². The van der Waals surface area contributed by atoms with Gasteiger partial charge in [-0.25, -0.2) is 8.42 Å². The molecule has 0 fully saturated rings. The molecule has 0 radical (unpaired) electrons. The van der Waals surface area contributed by atoms with E-state index in [9.17, 15) is 18.0 Å².